The van der Waals surface area contributed by atoms with Gasteiger partial charge in [-0.15, -0.1) is 0 Å². The van der Waals surface area contributed by atoms with Crippen LogP contribution in [0, 0.1) is 0 Å². The van der Waals surface area contributed by atoms with E-state index < -0.39 is 0 Å². The Morgan fingerprint density at radius 3 is 3.07 bits per heavy atom. The number of aromatic nitrogens is 1. The largest absolute Gasteiger partial charge is 0.382 e. The Kier molecular flexibility index (Phi) is 5.21. The van der Waals surface area contributed by atoms with Crippen LogP contribution in [0.1, 0.15) is 19.8 Å². The summed E-state index contributed by atoms with van der Waals surface area (Å²) in [6.45, 7) is 1.94. The summed E-state index contributed by atoms with van der Waals surface area (Å²) in [6, 6.07) is 0. The molecule has 1 unspecified atom stereocenters. The molecule has 1 aromatic rings. The summed E-state index contributed by atoms with van der Waals surface area (Å²) < 4.78 is 5.96. The van der Waals surface area contributed by atoms with Gasteiger partial charge in [-0.05, 0) is 29.3 Å². The fraction of sp³-hybridized carbons (Fsp3) is 0.556. The first-order valence-electron chi connectivity index (χ1n) is 4.55. The smallest absolute Gasteiger partial charge is 0.226 e. The molecule has 1 aromatic heterocycles. The van der Waals surface area contributed by atoms with E-state index in [9.17, 15) is 4.79 Å². The molecule has 0 saturated heterocycles. The molecule has 0 spiro atoms. The Morgan fingerprint density at radius 2 is 2.53 bits per heavy atom. The quantitative estimate of drug-likeness (QED) is 0.908. The highest BCUT2D eigenvalue weighted by atomic mass is 79.9. The minimum Gasteiger partial charge on any atom is -0.382 e. The molecule has 6 heteroatoms. The van der Waals surface area contributed by atoms with Crippen LogP contribution < -0.4 is 5.32 Å². The van der Waals surface area contributed by atoms with E-state index in [4.69, 9.17) is 4.74 Å². The number of halogens is 1. The Hall–Kier alpha value is -0.460. The van der Waals surface area contributed by atoms with E-state index in [-0.39, 0.29) is 12.0 Å². The first-order chi connectivity index (χ1) is 7.11. The van der Waals surface area contributed by atoms with Gasteiger partial charge in [-0.3, -0.25) is 4.79 Å². The lowest BCUT2D eigenvalue weighted by molar-refractivity contribution is -0.116. The number of carbonyl (C=O) groups is 1. The lowest BCUT2D eigenvalue weighted by Gasteiger charge is -2.07. The summed E-state index contributed by atoms with van der Waals surface area (Å²) in [6.07, 6.45) is 2.94. The third kappa shape index (κ3) is 4.72. The van der Waals surface area contributed by atoms with E-state index in [0.29, 0.717) is 11.6 Å². The SMILES string of the molecule is COC(C)CCC(=O)Nc1ncc(Br)s1. The van der Waals surface area contributed by atoms with Gasteiger partial charge in [-0.1, -0.05) is 11.3 Å². The monoisotopic (exact) mass is 292 g/mol. The fourth-order valence-corrected chi connectivity index (χ4v) is 2.07. The summed E-state index contributed by atoms with van der Waals surface area (Å²) in [5.41, 5.74) is 0. The molecule has 0 aromatic carbocycles. The van der Waals surface area contributed by atoms with Crippen LogP contribution in [0.3, 0.4) is 0 Å². The van der Waals surface area contributed by atoms with Crippen molar-refractivity contribution in [1.82, 2.24) is 4.98 Å². The lowest BCUT2D eigenvalue weighted by Crippen LogP contribution is -2.14. The standard InChI is InChI=1S/C9H13BrN2O2S/c1-6(14-2)3-4-8(13)12-9-11-5-7(10)15-9/h5-6H,3-4H2,1-2H3,(H,11,12,13). The van der Waals surface area contributed by atoms with E-state index in [1.165, 1.54) is 11.3 Å². The molecule has 0 saturated carbocycles. The topological polar surface area (TPSA) is 51.2 Å². The number of ether oxygens (including phenoxy) is 1. The molecule has 0 aliphatic rings. The number of rotatable bonds is 5. The van der Waals surface area contributed by atoms with E-state index in [1.807, 2.05) is 6.92 Å². The number of nitrogens with one attached hydrogen (secondary N) is 1. The van der Waals surface area contributed by atoms with Gasteiger partial charge in [-0.25, -0.2) is 4.98 Å². The van der Waals surface area contributed by atoms with Gasteiger partial charge in [0.1, 0.15) is 0 Å². The second-order valence-corrected chi connectivity index (χ2v) is 5.51. The number of amides is 1. The van der Waals surface area contributed by atoms with E-state index >= 15 is 0 Å². The van der Waals surface area contributed by atoms with Crippen LogP contribution in [0.15, 0.2) is 9.98 Å². The molecule has 0 bridgehead atoms. The Morgan fingerprint density at radius 1 is 1.80 bits per heavy atom. The van der Waals surface area contributed by atoms with Crippen molar-refractivity contribution in [3.05, 3.63) is 9.98 Å². The van der Waals surface area contributed by atoms with Crippen molar-refractivity contribution in [1.29, 1.82) is 0 Å². The van der Waals surface area contributed by atoms with Gasteiger partial charge in [0, 0.05) is 13.5 Å². The molecule has 1 rings (SSSR count). The first kappa shape index (κ1) is 12.6. The first-order valence-corrected chi connectivity index (χ1v) is 6.16. The average molecular weight is 293 g/mol. The average Bonchev–Trinajstić information content (AvgIpc) is 2.60. The molecule has 4 nitrogen and oxygen atoms in total. The predicted molar refractivity (Wildman–Crippen MR) is 64.1 cm³/mol. The van der Waals surface area contributed by atoms with Crippen LogP contribution >= 0.6 is 27.3 Å². The number of hydrogen-bond donors (Lipinski definition) is 1. The zero-order valence-electron chi connectivity index (χ0n) is 8.62. The van der Waals surface area contributed by atoms with Crippen molar-refractivity contribution in [2.24, 2.45) is 0 Å². The van der Waals surface area contributed by atoms with Gasteiger partial charge >= 0.3 is 0 Å². The van der Waals surface area contributed by atoms with Crippen molar-refractivity contribution in [2.45, 2.75) is 25.9 Å². The van der Waals surface area contributed by atoms with Crippen molar-refractivity contribution < 1.29 is 9.53 Å². The van der Waals surface area contributed by atoms with Gasteiger partial charge < -0.3 is 10.1 Å². The number of carbonyl (C=O) groups excluding carboxylic acids is 1. The maximum Gasteiger partial charge on any atom is 0.226 e. The van der Waals surface area contributed by atoms with Crippen LogP contribution in [0.2, 0.25) is 0 Å². The second-order valence-electron chi connectivity index (χ2n) is 3.10. The van der Waals surface area contributed by atoms with Gasteiger partial charge in [0.15, 0.2) is 5.13 Å². The Balaban J connectivity index is 2.30. The van der Waals surface area contributed by atoms with Gasteiger partial charge in [0.2, 0.25) is 5.91 Å². The van der Waals surface area contributed by atoms with Gasteiger partial charge in [0.25, 0.3) is 0 Å². The summed E-state index contributed by atoms with van der Waals surface area (Å²) in [7, 11) is 1.64. The highest BCUT2D eigenvalue weighted by molar-refractivity contribution is 9.11. The highest BCUT2D eigenvalue weighted by Gasteiger charge is 2.07. The molecule has 1 N–H and O–H groups in total. The van der Waals surface area contributed by atoms with Gasteiger partial charge in [0.05, 0.1) is 16.1 Å². The van der Waals surface area contributed by atoms with Crippen LogP contribution in [0.4, 0.5) is 5.13 Å². The molecule has 1 amide bonds. The molecule has 1 heterocycles. The zero-order valence-corrected chi connectivity index (χ0v) is 11.0. The molecule has 15 heavy (non-hydrogen) atoms. The van der Waals surface area contributed by atoms with Crippen molar-refractivity contribution >= 4 is 38.3 Å². The van der Waals surface area contributed by atoms with Crippen molar-refractivity contribution in [2.75, 3.05) is 12.4 Å². The van der Waals surface area contributed by atoms with E-state index in [1.54, 1.807) is 13.3 Å². The van der Waals surface area contributed by atoms with Crippen molar-refractivity contribution in [3.8, 4) is 0 Å². The molecular weight excluding hydrogens is 280 g/mol. The third-order valence-electron chi connectivity index (χ3n) is 1.90. The Labute approximate surface area is 101 Å². The maximum absolute atomic E-state index is 11.4. The van der Waals surface area contributed by atoms with Crippen LogP contribution in [0.25, 0.3) is 0 Å². The number of nitrogens with zero attached hydrogens (tertiary/aromatic N) is 1. The maximum atomic E-state index is 11.4. The van der Waals surface area contributed by atoms with E-state index in [2.05, 4.69) is 26.2 Å². The van der Waals surface area contributed by atoms with E-state index in [0.717, 1.165) is 10.2 Å². The summed E-state index contributed by atoms with van der Waals surface area (Å²) in [5, 5.41) is 3.35. The van der Waals surface area contributed by atoms with Crippen LogP contribution in [0.5, 0.6) is 0 Å². The number of anilines is 1. The Bertz CT molecular complexity index is 330. The number of methoxy groups -OCH3 is 1. The zero-order chi connectivity index (χ0) is 11.3. The minimum atomic E-state index is -0.0271. The lowest BCUT2D eigenvalue weighted by atomic mass is 10.2. The second kappa shape index (κ2) is 6.19. The van der Waals surface area contributed by atoms with Gasteiger partial charge in [-0.2, -0.15) is 0 Å². The van der Waals surface area contributed by atoms with Crippen LogP contribution in [-0.2, 0) is 9.53 Å². The molecule has 1 atom stereocenters. The third-order valence-corrected chi connectivity index (χ3v) is 3.30. The molecule has 0 radical (unpaired) electrons. The summed E-state index contributed by atoms with van der Waals surface area (Å²) >= 11 is 4.68. The number of thiazole rings is 1. The molecule has 0 aliphatic heterocycles. The van der Waals surface area contributed by atoms with Crippen LogP contribution in [-0.4, -0.2) is 24.1 Å². The molecular formula is C9H13BrN2O2S. The molecule has 0 fully saturated rings. The van der Waals surface area contributed by atoms with Crippen molar-refractivity contribution in [3.63, 3.8) is 0 Å². The number of hydrogen-bond acceptors (Lipinski definition) is 4. The predicted octanol–water partition coefficient (Wildman–Crippen LogP) is 2.66. The fourth-order valence-electron chi connectivity index (χ4n) is 0.946. The minimum absolute atomic E-state index is 0.0271. The normalized spacial score (nSPS) is 12.5. The summed E-state index contributed by atoms with van der Waals surface area (Å²) in [4.78, 5) is 15.4. The summed E-state index contributed by atoms with van der Waals surface area (Å²) in [5.74, 6) is -0.0271. The molecule has 84 valence electrons. The molecule has 0 aliphatic carbocycles. The highest BCUT2D eigenvalue weighted by Crippen LogP contribution is 2.23.